The summed E-state index contributed by atoms with van der Waals surface area (Å²) in [7, 11) is 2.05. The molecule has 3 nitrogen and oxygen atoms in total. The molecule has 3 rings (SSSR count). The number of fused-ring (bicyclic) bond motifs is 1. The number of hydrogen-bond donors (Lipinski definition) is 1. The molecule has 0 amide bonds. The van der Waals surface area contributed by atoms with Crippen LogP contribution >= 0.6 is 36.4 Å². The first-order valence-electron chi connectivity index (χ1n) is 7.62. The van der Waals surface area contributed by atoms with Crippen LogP contribution in [0.1, 0.15) is 24.1 Å². The van der Waals surface area contributed by atoms with Crippen LogP contribution in [0.2, 0.25) is 5.02 Å². The van der Waals surface area contributed by atoms with Crippen LogP contribution in [0.15, 0.2) is 24.3 Å². The fraction of sp³-hybridized carbons (Fsp3) is 0.471. The second kappa shape index (κ2) is 9.05. The van der Waals surface area contributed by atoms with E-state index in [0.29, 0.717) is 6.04 Å². The Hall–Kier alpha value is -0.580. The van der Waals surface area contributed by atoms with E-state index in [4.69, 9.17) is 16.6 Å². The fourth-order valence-electron chi connectivity index (χ4n) is 3.11. The minimum atomic E-state index is 0. The van der Waals surface area contributed by atoms with Gasteiger partial charge >= 0.3 is 0 Å². The molecule has 0 radical (unpaired) electrons. The van der Waals surface area contributed by atoms with Gasteiger partial charge in [-0.25, -0.2) is 4.98 Å². The number of nitrogens with zero attached hydrogens (tertiary/aromatic N) is 2. The van der Waals surface area contributed by atoms with E-state index in [9.17, 15) is 0 Å². The first kappa shape index (κ1) is 20.5. The van der Waals surface area contributed by atoms with Gasteiger partial charge in [-0.1, -0.05) is 29.8 Å². The maximum Gasteiger partial charge on any atom is 0.0740 e. The largest absolute Gasteiger partial charge is 0.317 e. The molecule has 0 atom stereocenters. The average molecular weight is 377 g/mol. The number of para-hydroxylation sites is 1. The number of halogens is 3. The van der Waals surface area contributed by atoms with E-state index in [-0.39, 0.29) is 24.8 Å². The normalized spacial score (nSPS) is 16.0. The molecule has 6 heteroatoms. The van der Waals surface area contributed by atoms with Crippen LogP contribution in [0, 0.1) is 6.92 Å². The Bertz CT molecular complexity index is 640. The Kier molecular flexibility index (Phi) is 8.05. The van der Waals surface area contributed by atoms with Crippen molar-refractivity contribution in [3.05, 3.63) is 40.5 Å². The van der Waals surface area contributed by atoms with Crippen LogP contribution in [0.25, 0.3) is 10.9 Å². The van der Waals surface area contributed by atoms with Crippen molar-refractivity contribution >= 4 is 47.3 Å². The molecule has 2 heterocycles. The molecule has 2 aromatic rings. The molecule has 0 spiro atoms. The van der Waals surface area contributed by atoms with Gasteiger partial charge in [0.25, 0.3) is 0 Å². The van der Waals surface area contributed by atoms with Crippen LogP contribution < -0.4 is 5.32 Å². The van der Waals surface area contributed by atoms with E-state index in [0.717, 1.165) is 46.8 Å². The van der Waals surface area contributed by atoms with Crippen LogP contribution in [-0.2, 0) is 6.54 Å². The topological polar surface area (TPSA) is 28.2 Å². The van der Waals surface area contributed by atoms with Gasteiger partial charge in [0.1, 0.15) is 0 Å². The molecule has 1 saturated heterocycles. The number of piperidine rings is 1. The Morgan fingerprint density at radius 3 is 2.52 bits per heavy atom. The molecule has 1 fully saturated rings. The molecule has 1 N–H and O–H groups in total. The number of nitrogens with one attached hydrogen (secondary N) is 1. The summed E-state index contributed by atoms with van der Waals surface area (Å²) in [5.41, 5.74) is 3.19. The standard InChI is InChI=1S/C17H22ClN3.2ClH/c1-12-14-5-3-4-6-15(14)20-16(17(12)18)11-21-9-7-13(19-2)8-10-21;;/h3-6,13,19H,7-11H2,1-2H3;2*1H. The lowest BCUT2D eigenvalue weighted by Gasteiger charge is -2.31. The van der Waals surface area contributed by atoms with Gasteiger partial charge in [0.2, 0.25) is 0 Å². The highest BCUT2D eigenvalue weighted by Crippen LogP contribution is 2.28. The summed E-state index contributed by atoms with van der Waals surface area (Å²) in [6, 6.07) is 8.88. The molecule has 0 unspecified atom stereocenters. The fourth-order valence-corrected chi connectivity index (χ4v) is 3.32. The summed E-state index contributed by atoms with van der Waals surface area (Å²) in [4.78, 5) is 7.23. The summed E-state index contributed by atoms with van der Waals surface area (Å²) in [6.45, 7) is 5.15. The number of benzene rings is 1. The van der Waals surface area contributed by atoms with Crippen molar-refractivity contribution in [1.82, 2.24) is 15.2 Å². The lowest BCUT2D eigenvalue weighted by molar-refractivity contribution is 0.193. The smallest absolute Gasteiger partial charge is 0.0740 e. The molecule has 1 aromatic heterocycles. The van der Waals surface area contributed by atoms with Gasteiger partial charge in [0.15, 0.2) is 0 Å². The highest BCUT2D eigenvalue weighted by atomic mass is 35.5. The average Bonchev–Trinajstić information content (AvgIpc) is 2.53. The maximum atomic E-state index is 6.55. The zero-order valence-electron chi connectivity index (χ0n) is 13.5. The van der Waals surface area contributed by atoms with Gasteiger partial charge in [-0.15, -0.1) is 24.8 Å². The maximum absolute atomic E-state index is 6.55. The molecule has 23 heavy (non-hydrogen) atoms. The Morgan fingerprint density at radius 2 is 1.87 bits per heavy atom. The minimum Gasteiger partial charge on any atom is -0.317 e. The van der Waals surface area contributed by atoms with Crippen molar-refractivity contribution in [2.45, 2.75) is 32.4 Å². The Labute approximate surface area is 155 Å². The van der Waals surface area contributed by atoms with Crippen LogP contribution in [0.5, 0.6) is 0 Å². The molecule has 0 saturated carbocycles. The molecule has 1 aliphatic heterocycles. The van der Waals surface area contributed by atoms with Crippen molar-refractivity contribution < 1.29 is 0 Å². The highest BCUT2D eigenvalue weighted by molar-refractivity contribution is 6.32. The third-order valence-electron chi connectivity index (χ3n) is 4.52. The third kappa shape index (κ3) is 4.49. The van der Waals surface area contributed by atoms with Crippen LogP contribution in [-0.4, -0.2) is 36.1 Å². The van der Waals surface area contributed by atoms with E-state index in [1.165, 1.54) is 12.8 Å². The lowest BCUT2D eigenvalue weighted by atomic mass is 10.0. The van der Waals surface area contributed by atoms with Crippen molar-refractivity contribution in [3.8, 4) is 0 Å². The van der Waals surface area contributed by atoms with Gasteiger partial charge < -0.3 is 5.32 Å². The molecular weight excluding hydrogens is 353 g/mol. The predicted octanol–water partition coefficient (Wildman–Crippen LogP) is 4.22. The minimum absolute atomic E-state index is 0. The molecule has 128 valence electrons. The quantitative estimate of drug-likeness (QED) is 0.869. The zero-order valence-corrected chi connectivity index (χ0v) is 15.9. The van der Waals surface area contributed by atoms with Gasteiger partial charge in [-0.05, 0) is 38.4 Å². The summed E-state index contributed by atoms with van der Waals surface area (Å²) in [5, 5.41) is 5.34. The molecule has 0 bridgehead atoms. The number of hydrogen-bond acceptors (Lipinski definition) is 3. The first-order chi connectivity index (χ1) is 10.2. The number of aromatic nitrogens is 1. The van der Waals surface area contributed by atoms with Gasteiger partial charge in [0.05, 0.1) is 16.2 Å². The van der Waals surface area contributed by atoms with E-state index in [2.05, 4.69) is 29.3 Å². The number of pyridine rings is 1. The van der Waals surface area contributed by atoms with Crippen LogP contribution in [0.3, 0.4) is 0 Å². The summed E-state index contributed by atoms with van der Waals surface area (Å²) in [6.07, 6.45) is 2.39. The second-order valence-electron chi connectivity index (χ2n) is 5.85. The van der Waals surface area contributed by atoms with Crippen molar-refractivity contribution in [1.29, 1.82) is 0 Å². The second-order valence-corrected chi connectivity index (χ2v) is 6.23. The monoisotopic (exact) mass is 375 g/mol. The van der Waals surface area contributed by atoms with E-state index in [1.54, 1.807) is 0 Å². The van der Waals surface area contributed by atoms with E-state index < -0.39 is 0 Å². The summed E-state index contributed by atoms with van der Waals surface area (Å²) < 4.78 is 0. The lowest BCUT2D eigenvalue weighted by Crippen LogP contribution is -2.40. The van der Waals surface area contributed by atoms with Gasteiger partial charge in [-0.3, -0.25) is 4.90 Å². The molecule has 1 aliphatic rings. The zero-order chi connectivity index (χ0) is 14.8. The number of rotatable bonds is 3. The molecular formula is C17H24Cl3N3. The van der Waals surface area contributed by atoms with Crippen molar-refractivity contribution in [2.75, 3.05) is 20.1 Å². The number of likely N-dealkylation sites (tertiary alicyclic amines) is 1. The molecule has 1 aromatic carbocycles. The predicted molar refractivity (Wildman–Crippen MR) is 103 cm³/mol. The van der Waals surface area contributed by atoms with Crippen molar-refractivity contribution in [2.24, 2.45) is 0 Å². The Morgan fingerprint density at radius 1 is 1.22 bits per heavy atom. The van der Waals surface area contributed by atoms with Crippen molar-refractivity contribution in [3.63, 3.8) is 0 Å². The SMILES string of the molecule is CNC1CCN(Cc2nc3ccccc3c(C)c2Cl)CC1.Cl.Cl. The van der Waals surface area contributed by atoms with Gasteiger partial charge in [0, 0.05) is 31.1 Å². The highest BCUT2D eigenvalue weighted by Gasteiger charge is 2.20. The summed E-state index contributed by atoms with van der Waals surface area (Å²) >= 11 is 6.55. The Balaban J connectivity index is 0.00000132. The van der Waals surface area contributed by atoms with E-state index in [1.807, 2.05) is 19.2 Å². The summed E-state index contributed by atoms with van der Waals surface area (Å²) in [5.74, 6) is 0. The molecule has 0 aliphatic carbocycles. The van der Waals surface area contributed by atoms with E-state index >= 15 is 0 Å². The first-order valence-corrected chi connectivity index (χ1v) is 8.00. The van der Waals surface area contributed by atoms with Crippen LogP contribution in [0.4, 0.5) is 0 Å². The third-order valence-corrected chi connectivity index (χ3v) is 5.02. The number of aryl methyl sites for hydroxylation is 1. The van der Waals surface area contributed by atoms with Gasteiger partial charge in [-0.2, -0.15) is 0 Å².